The predicted octanol–water partition coefficient (Wildman–Crippen LogP) is -0.107. The molecule has 0 aliphatic rings. The van der Waals surface area contributed by atoms with Gasteiger partial charge in [-0.1, -0.05) is 6.07 Å². The highest BCUT2D eigenvalue weighted by molar-refractivity contribution is 6.02. The molecular formula is C9H10N2O3. The largest absolute Gasteiger partial charge is 0.495 e. The lowest BCUT2D eigenvalue weighted by molar-refractivity contribution is 0.0996. The number of hydrogen-bond donors (Lipinski definition) is 2. The monoisotopic (exact) mass is 194 g/mol. The van der Waals surface area contributed by atoms with Gasteiger partial charge in [-0.25, -0.2) is 0 Å². The third kappa shape index (κ3) is 1.66. The van der Waals surface area contributed by atoms with Gasteiger partial charge in [0, 0.05) is 0 Å². The van der Waals surface area contributed by atoms with Crippen LogP contribution in [-0.2, 0) is 0 Å². The second-order valence-electron chi connectivity index (χ2n) is 2.61. The molecule has 14 heavy (non-hydrogen) atoms. The maximum absolute atomic E-state index is 10.9. The summed E-state index contributed by atoms with van der Waals surface area (Å²) in [5.74, 6) is -1.21. The fraction of sp³-hybridized carbons (Fsp3) is 0.111. The number of ether oxygens (including phenoxy) is 1. The Morgan fingerprint density at radius 2 is 1.57 bits per heavy atom. The molecule has 5 nitrogen and oxygen atoms in total. The fourth-order valence-electron chi connectivity index (χ4n) is 1.14. The first-order valence-corrected chi connectivity index (χ1v) is 3.84. The minimum atomic E-state index is -0.662. The van der Waals surface area contributed by atoms with Gasteiger partial charge < -0.3 is 16.2 Å². The number of benzene rings is 1. The topological polar surface area (TPSA) is 95.4 Å². The Morgan fingerprint density at radius 3 is 1.86 bits per heavy atom. The molecule has 1 rings (SSSR count). The van der Waals surface area contributed by atoms with E-state index in [0.717, 1.165) is 0 Å². The van der Waals surface area contributed by atoms with Gasteiger partial charge in [-0.05, 0) is 12.1 Å². The van der Waals surface area contributed by atoms with Crippen molar-refractivity contribution in [2.24, 2.45) is 11.5 Å². The molecule has 74 valence electrons. The molecule has 0 bridgehead atoms. The van der Waals surface area contributed by atoms with E-state index in [0.29, 0.717) is 0 Å². The van der Waals surface area contributed by atoms with Gasteiger partial charge in [0.15, 0.2) is 0 Å². The van der Waals surface area contributed by atoms with Gasteiger partial charge in [-0.3, -0.25) is 9.59 Å². The number of hydrogen-bond acceptors (Lipinski definition) is 3. The third-order valence-electron chi connectivity index (χ3n) is 1.75. The summed E-state index contributed by atoms with van der Waals surface area (Å²) in [5.41, 5.74) is 10.5. The Labute approximate surface area is 80.6 Å². The molecule has 0 heterocycles. The summed E-state index contributed by atoms with van der Waals surface area (Å²) in [5, 5.41) is 0. The molecule has 0 atom stereocenters. The van der Waals surface area contributed by atoms with Crippen LogP contribution in [0.3, 0.4) is 0 Å². The summed E-state index contributed by atoms with van der Waals surface area (Å²) in [6.07, 6.45) is 0. The maximum atomic E-state index is 10.9. The van der Waals surface area contributed by atoms with E-state index in [2.05, 4.69) is 0 Å². The summed E-state index contributed by atoms with van der Waals surface area (Å²) in [6.45, 7) is 0. The van der Waals surface area contributed by atoms with Crippen LogP contribution in [-0.4, -0.2) is 18.9 Å². The Kier molecular flexibility index (Phi) is 2.71. The van der Waals surface area contributed by atoms with E-state index in [-0.39, 0.29) is 16.9 Å². The van der Waals surface area contributed by atoms with Crippen molar-refractivity contribution in [3.8, 4) is 5.75 Å². The molecule has 0 spiro atoms. The van der Waals surface area contributed by atoms with Crippen molar-refractivity contribution in [2.75, 3.05) is 7.11 Å². The predicted molar refractivity (Wildman–Crippen MR) is 50.0 cm³/mol. The standard InChI is InChI=1S/C9H10N2O3/c1-14-7-5(8(10)12)3-2-4-6(7)9(11)13/h2-4H,1H3,(H2,10,12)(H2,11,13). The third-order valence-corrected chi connectivity index (χ3v) is 1.75. The van der Waals surface area contributed by atoms with E-state index in [1.807, 2.05) is 0 Å². The first-order valence-electron chi connectivity index (χ1n) is 3.84. The Bertz CT molecular complexity index is 355. The molecule has 2 amide bonds. The van der Waals surface area contributed by atoms with Crippen molar-refractivity contribution < 1.29 is 14.3 Å². The average molecular weight is 194 g/mol. The summed E-state index contributed by atoms with van der Waals surface area (Å²) in [7, 11) is 1.34. The zero-order valence-corrected chi connectivity index (χ0v) is 7.61. The van der Waals surface area contributed by atoms with Crippen LogP contribution < -0.4 is 16.2 Å². The first kappa shape index (κ1) is 10.0. The van der Waals surface area contributed by atoms with E-state index in [1.165, 1.54) is 25.3 Å². The molecule has 0 saturated carbocycles. The van der Waals surface area contributed by atoms with Gasteiger partial charge >= 0.3 is 0 Å². The molecule has 1 aromatic carbocycles. The van der Waals surface area contributed by atoms with Crippen molar-refractivity contribution >= 4 is 11.8 Å². The molecule has 0 saturated heterocycles. The Hall–Kier alpha value is -2.04. The molecule has 5 heteroatoms. The van der Waals surface area contributed by atoms with Crippen molar-refractivity contribution in [2.45, 2.75) is 0 Å². The van der Waals surface area contributed by atoms with E-state index in [9.17, 15) is 9.59 Å². The Morgan fingerprint density at radius 1 is 1.14 bits per heavy atom. The summed E-state index contributed by atoms with van der Waals surface area (Å²) in [4.78, 5) is 21.9. The van der Waals surface area contributed by atoms with Crippen LogP contribution in [0.2, 0.25) is 0 Å². The summed E-state index contributed by atoms with van der Waals surface area (Å²) in [6, 6.07) is 4.45. The smallest absolute Gasteiger partial charge is 0.252 e. The van der Waals surface area contributed by atoms with E-state index in [4.69, 9.17) is 16.2 Å². The lowest BCUT2D eigenvalue weighted by atomic mass is 10.1. The average Bonchev–Trinajstić information content (AvgIpc) is 2.16. The number of methoxy groups -OCH3 is 1. The first-order chi connectivity index (χ1) is 6.57. The lowest BCUT2D eigenvalue weighted by Crippen LogP contribution is -2.17. The van der Waals surface area contributed by atoms with E-state index < -0.39 is 11.8 Å². The van der Waals surface area contributed by atoms with Crippen LogP contribution in [0.4, 0.5) is 0 Å². The van der Waals surface area contributed by atoms with Crippen molar-refractivity contribution in [1.29, 1.82) is 0 Å². The highest BCUT2D eigenvalue weighted by Gasteiger charge is 2.15. The lowest BCUT2D eigenvalue weighted by Gasteiger charge is -2.08. The second kappa shape index (κ2) is 3.78. The number of nitrogens with two attached hydrogens (primary N) is 2. The number of rotatable bonds is 3. The van der Waals surface area contributed by atoms with Crippen LogP contribution in [0, 0.1) is 0 Å². The SMILES string of the molecule is COc1c(C(N)=O)cccc1C(N)=O. The molecule has 0 aliphatic carbocycles. The van der Waals surface area contributed by atoms with E-state index >= 15 is 0 Å². The number of para-hydroxylation sites is 1. The molecule has 0 radical (unpaired) electrons. The number of primary amides is 2. The van der Waals surface area contributed by atoms with Crippen molar-refractivity contribution in [3.05, 3.63) is 29.3 Å². The minimum absolute atomic E-state index is 0.118. The molecule has 1 aromatic rings. The van der Waals surface area contributed by atoms with Gasteiger partial charge in [0.2, 0.25) is 0 Å². The summed E-state index contributed by atoms with van der Waals surface area (Å²) >= 11 is 0. The van der Waals surface area contributed by atoms with Gasteiger partial charge in [0.1, 0.15) is 5.75 Å². The van der Waals surface area contributed by atoms with Gasteiger partial charge in [-0.15, -0.1) is 0 Å². The molecule has 0 unspecified atom stereocenters. The van der Waals surface area contributed by atoms with Crippen LogP contribution in [0.15, 0.2) is 18.2 Å². The van der Waals surface area contributed by atoms with Gasteiger partial charge in [0.05, 0.1) is 18.2 Å². The minimum Gasteiger partial charge on any atom is -0.495 e. The molecular weight excluding hydrogens is 184 g/mol. The fourth-order valence-corrected chi connectivity index (χ4v) is 1.14. The highest BCUT2D eigenvalue weighted by Crippen LogP contribution is 2.22. The normalized spacial score (nSPS) is 9.50. The number of carbonyl (C=O) groups is 2. The molecule has 0 aliphatic heterocycles. The van der Waals surface area contributed by atoms with Crippen LogP contribution >= 0.6 is 0 Å². The van der Waals surface area contributed by atoms with Crippen LogP contribution in [0.25, 0.3) is 0 Å². The Balaban J connectivity index is 3.39. The van der Waals surface area contributed by atoms with Crippen molar-refractivity contribution in [3.63, 3.8) is 0 Å². The van der Waals surface area contributed by atoms with Gasteiger partial charge in [-0.2, -0.15) is 0 Å². The quantitative estimate of drug-likeness (QED) is 0.702. The molecule has 0 aromatic heterocycles. The highest BCUT2D eigenvalue weighted by atomic mass is 16.5. The molecule has 0 fully saturated rings. The zero-order chi connectivity index (χ0) is 10.7. The number of amides is 2. The molecule has 4 N–H and O–H groups in total. The number of carbonyl (C=O) groups excluding carboxylic acids is 2. The van der Waals surface area contributed by atoms with Crippen molar-refractivity contribution in [1.82, 2.24) is 0 Å². The van der Waals surface area contributed by atoms with Gasteiger partial charge in [0.25, 0.3) is 11.8 Å². The second-order valence-corrected chi connectivity index (χ2v) is 2.61. The van der Waals surface area contributed by atoms with E-state index in [1.54, 1.807) is 0 Å². The maximum Gasteiger partial charge on any atom is 0.252 e. The van der Waals surface area contributed by atoms with Crippen LogP contribution in [0.1, 0.15) is 20.7 Å². The van der Waals surface area contributed by atoms with Crippen LogP contribution in [0.5, 0.6) is 5.75 Å². The summed E-state index contributed by atoms with van der Waals surface area (Å²) < 4.78 is 4.90. The zero-order valence-electron chi connectivity index (χ0n) is 7.61.